The Morgan fingerprint density at radius 1 is 1.20 bits per heavy atom. The standard InChI is InChI=1S/C17H29N3/c1-15(16-8-4-3-5-9-16)17(14-18)19(2)12-13-20-10-6-7-11-20/h3-5,8-9,15,17H,6-7,10-14,18H2,1-2H3. The minimum atomic E-state index is 0.417. The van der Waals surface area contributed by atoms with E-state index in [9.17, 15) is 0 Å². The summed E-state index contributed by atoms with van der Waals surface area (Å²) in [6.07, 6.45) is 2.73. The minimum absolute atomic E-state index is 0.417. The number of nitrogens with zero attached hydrogens (tertiary/aromatic N) is 2. The predicted molar refractivity (Wildman–Crippen MR) is 86.0 cm³/mol. The normalized spacial score (nSPS) is 19.4. The maximum absolute atomic E-state index is 6.04. The van der Waals surface area contributed by atoms with Crippen molar-refractivity contribution in [2.75, 3.05) is 39.8 Å². The summed E-state index contributed by atoms with van der Waals surface area (Å²) in [4.78, 5) is 5.01. The molecule has 20 heavy (non-hydrogen) atoms. The van der Waals surface area contributed by atoms with Crippen molar-refractivity contribution in [3.8, 4) is 0 Å². The van der Waals surface area contributed by atoms with Gasteiger partial charge in [0.15, 0.2) is 0 Å². The zero-order chi connectivity index (χ0) is 14.4. The van der Waals surface area contributed by atoms with Gasteiger partial charge in [0, 0.05) is 25.7 Å². The Bertz CT molecular complexity index is 373. The van der Waals surface area contributed by atoms with Gasteiger partial charge in [-0.3, -0.25) is 0 Å². The first-order valence-electron chi connectivity index (χ1n) is 7.90. The summed E-state index contributed by atoms with van der Waals surface area (Å²) in [5.41, 5.74) is 7.43. The monoisotopic (exact) mass is 275 g/mol. The molecule has 1 aliphatic rings. The number of hydrogen-bond donors (Lipinski definition) is 1. The van der Waals surface area contributed by atoms with Crippen LogP contribution in [0.25, 0.3) is 0 Å². The maximum atomic E-state index is 6.04. The smallest absolute Gasteiger partial charge is 0.0281 e. The van der Waals surface area contributed by atoms with Gasteiger partial charge in [-0.15, -0.1) is 0 Å². The van der Waals surface area contributed by atoms with Crippen LogP contribution in [0, 0.1) is 0 Å². The predicted octanol–water partition coefficient (Wildman–Crippen LogP) is 2.14. The summed E-state index contributed by atoms with van der Waals surface area (Å²) < 4.78 is 0. The van der Waals surface area contributed by atoms with Crippen LogP contribution in [0.4, 0.5) is 0 Å². The largest absolute Gasteiger partial charge is 0.329 e. The molecule has 2 N–H and O–H groups in total. The van der Waals surface area contributed by atoms with Crippen molar-refractivity contribution >= 4 is 0 Å². The average molecular weight is 275 g/mol. The van der Waals surface area contributed by atoms with Crippen molar-refractivity contribution < 1.29 is 0 Å². The number of hydrogen-bond acceptors (Lipinski definition) is 3. The molecule has 0 spiro atoms. The molecule has 2 rings (SSSR count). The summed E-state index contributed by atoms with van der Waals surface area (Å²) in [6.45, 7) is 7.84. The Labute approximate surface area is 123 Å². The average Bonchev–Trinajstić information content (AvgIpc) is 3.00. The van der Waals surface area contributed by atoms with Gasteiger partial charge in [0.25, 0.3) is 0 Å². The Kier molecular flexibility index (Phi) is 6.02. The van der Waals surface area contributed by atoms with E-state index in [-0.39, 0.29) is 0 Å². The second-order valence-corrected chi connectivity index (χ2v) is 6.03. The fourth-order valence-corrected chi connectivity index (χ4v) is 3.22. The number of nitrogens with two attached hydrogens (primary N) is 1. The SMILES string of the molecule is CC(c1ccccc1)C(CN)N(C)CCN1CCCC1. The quantitative estimate of drug-likeness (QED) is 0.827. The van der Waals surface area contributed by atoms with Gasteiger partial charge < -0.3 is 15.5 Å². The molecule has 1 aliphatic heterocycles. The second-order valence-electron chi connectivity index (χ2n) is 6.03. The summed E-state index contributed by atoms with van der Waals surface area (Å²) in [5, 5.41) is 0. The van der Waals surface area contributed by atoms with Crippen LogP contribution in [0.2, 0.25) is 0 Å². The molecule has 0 aromatic heterocycles. The third kappa shape index (κ3) is 4.05. The van der Waals surface area contributed by atoms with Gasteiger partial charge in [-0.25, -0.2) is 0 Å². The first kappa shape index (κ1) is 15.5. The Balaban J connectivity index is 1.89. The highest BCUT2D eigenvalue weighted by Crippen LogP contribution is 2.21. The van der Waals surface area contributed by atoms with Crippen molar-refractivity contribution in [3.63, 3.8) is 0 Å². The van der Waals surface area contributed by atoms with Gasteiger partial charge in [0.05, 0.1) is 0 Å². The molecule has 2 unspecified atom stereocenters. The van der Waals surface area contributed by atoms with Crippen LogP contribution in [-0.4, -0.2) is 55.6 Å². The van der Waals surface area contributed by atoms with Crippen LogP contribution >= 0.6 is 0 Å². The Morgan fingerprint density at radius 3 is 2.45 bits per heavy atom. The highest BCUT2D eigenvalue weighted by Gasteiger charge is 2.22. The third-order valence-corrected chi connectivity index (χ3v) is 4.68. The summed E-state index contributed by atoms with van der Waals surface area (Å²) in [5.74, 6) is 0.477. The molecule has 0 aliphatic carbocycles. The fraction of sp³-hybridized carbons (Fsp3) is 0.647. The fourth-order valence-electron chi connectivity index (χ4n) is 3.22. The highest BCUT2D eigenvalue weighted by atomic mass is 15.2. The molecule has 2 atom stereocenters. The molecule has 0 saturated carbocycles. The zero-order valence-electron chi connectivity index (χ0n) is 13.0. The van der Waals surface area contributed by atoms with E-state index < -0.39 is 0 Å². The molecule has 3 nitrogen and oxygen atoms in total. The first-order valence-corrected chi connectivity index (χ1v) is 7.90. The lowest BCUT2D eigenvalue weighted by molar-refractivity contribution is 0.190. The zero-order valence-corrected chi connectivity index (χ0v) is 13.0. The van der Waals surface area contributed by atoms with Crippen molar-refractivity contribution in [2.24, 2.45) is 5.73 Å². The Hall–Kier alpha value is -0.900. The summed E-state index contributed by atoms with van der Waals surface area (Å²) in [7, 11) is 2.22. The molecule has 0 bridgehead atoms. The highest BCUT2D eigenvalue weighted by molar-refractivity contribution is 5.20. The molecule has 0 amide bonds. The number of rotatable bonds is 7. The lowest BCUT2D eigenvalue weighted by atomic mass is 9.92. The van der Waals surface area contributed by atoms with Crippen LogP contribution in [-0.2, 0) is 0 Å². The molecule has 1 heterocycles. The van der Waals surface area contributed by atoms with Crippen molar-refractivity contribution in [1.29, 1.82) is 0 Å². The van der Waals surface area contributed by atoms with Gasteiger partial charge in [-0.1, -0.05) is 37.3 Å². The van der Waals surface area contributed by atoms with Gasteiger partial charge >= 0.3 is 0 Å². The number of benzene rings is 1. The molecule has 1 saturated heterocycles. The van der Waals surface area contributed by atoms with E-state index in [1.54, 1.807) is 0 Å². The maximum Gasteiger partial charge on any atom is 0.0281 e. The van der Waals surface area contributed by atoms with E-state index in [1.165, 1.54) is 38.0 Å². The van der Waals surface area contributed by atoms with Gasteiger partial charge in [0.1, 0.15) is 0 Å². The summed E-state index contributed by atoms with van der Waals surface area (Å²) >= 11 is 0. The Morgan fingerprint density at radius 2 is 1.85 bits per heavy atom. The minimum Gasteiger partial charge on any atom is -0.329 e. The molecule has 0 radical (unpaired) electrons. The topological polar surface area (TPSA) is 32.5 Å². The molecule has 1 fully saturated rings. The molecule has 3 heteroatoms. The summed E-state index contributed by atoms with van der Waals surface area (Å²) in [6, 6.07) is 11.1. The molecular formula is C17H29N3. The molecule has 1 aromatic rings. The third-order valence-electron chi connectivity index (χ3n) is 4.68. The van der Waals surface area contributed by atoms with Crippen LogP contribution in [0.1, 0.15) is 31.2 Å². The number of likely N-dealkylation sites (tertiary alicyclic amines) is 1. The van der Waals surface area contributed by atoms with Crippen molar-refractivity contribution in [1.82, 2.24) is 9.80 Å². The molecule has 1 aromatic carbocycles. The first-order chi connectivity index (χ1) is 9.72. The van der Waals surface area contributed by atoms with Gasteiger partial charge in [-0.05, 0) is 44.5 Å². The van der Waals surface area contributed by atoms with Crippen LogP contribution < -0.4 is 5.73 Å². The lowest BCUT2D eigenvalue weighted by Crippen LogP contribution is -2.44. The molecular weight excluding hydrogens is 246 g/mol. The van der Waals surface area contributed by atoms with E-state index in [0.29, 0.717) is 18.5 Å². The van der Waals surface area contributed by atoms with E-state index in [0.717, 1.165) is 6.54 Å². The molecule has 112 valence electrons. The van der Waals surface area contributed by atoms with E-state index >= 15 is 0 Å². The van der Waals surface area contributed by atoms with E-state index in [4.69, 9.17) is 5.73 Å². The van der Waals surface area contributed by atoms with Crippen molar-refractivity contribution in [3.05, 3.63) is 35.9 Å². The number of likely N-dealkylation sites (N-methyl/N-ethyl adjacent to an activating group) is 1. The van der Waals surface area contributed by atoms with Gasteiger partial charge in [0.2, 0.25) is 0 Å². The lowest BCUT2D eigenvalue weighted by Gasteiger charge is -2.33. The van der Waals surface area contributed by atoms with Crippen LogP contribution in [0.15, 0.2) is 30.3 Å². The van der Waals surface area contributed by atoms with Crippen LogP contribution in [0.5, 0.6) is 0 Å². The van der Waals surface area contributed by atoms with Crippen molar-refractivity contribution in [2.45, 2.75) is 31.7 Å². The second kappa shape index (κ2) is 7.77. The van der Waals surface area contributed by atoms with E-state index in [2.05, 4.69) is 54.1 Å². The van der Waals surface area contributed by atoms with E-state index in [1.807, 2.05) is 0 Å². The van der Waals surface area contributed by atoms with Crippen LogP contribution in [0.3, 0.4) is 0 Å². The van der Waals surface area contributed by atoms with Gasteiger partial charge in [-0.2, -0.15) is 0 Å².